The molecule has 2 heterocycles. The molecule has 3 atom stereocenters. The molecule has 0 bridgehead atoms. The first-order chi connectivity index (χ1) is 9.55. The third kappa shape index (κ3) is 2.27. The minimum absolute atomic E-state index is 0.284. The summed E-state index contributed by atoms with van der Waals surface area (Å²) in [4.78, 5) is 17.6. The maximum atomic E-state index is 13.0. The van der Waals surface area contributed by atoms with Gasteiger partial charge in [0, 0.05) is 12.6 Å². The van der Waals surface area contributed by atoms with Crippen LogP contribution in [-0.4, -0.2) is 53.6 Å². The van der Waals surface area contributed by atoms with Gasteiger partial charge in [-0.05, 0) is 52.1 Å². The second-order valence-corrected chi connectivity index (χ2v) is 7.24. The second-order valence-electron chi connectivity index (χ2n) is 7.24. The van der Waals surface area contributed by atoms with Gasteiger partial charge in [-0.15, -0.1) is 0 Å². The molecule has 0 aromatic carbocycles. The van der Waals surface area contributed by atoms with Crippen molar-refractivity contribution in [3.63, 3.8) is 0 Å². The Morgan fingerprint density at radius 2 is 2.00 bits per heavy atom. The molecule has 1 saturated carbocycles. The van der Waals surface area contributed by atoms with E-state index in [1.807, 2.05) is 0 Å². The second kappa shape index (κ2) is 5.30. The zero-order valence-corrected chi connectivity index (χ0v) is 13.2. The molecule has 1 amide bonds. The Morgan fingerprint density at radius 1 is 1.30 bits per heavy atom. The summed E-state index contributed by atoms with van der Waals surface area (Å²) < 4.78 is 0. The average molecular weight is 279 g/mol. The molecule has 1 aliphatic carbocycles. The van der Waals surface area contributed by atoms with E-state index in [9.17, 15) is 4.79 Å². The van der Waals surface area contributed by atoms with Crippen molar-refractivity contribution < 1.29 is 4.79 Å². The number of hydrogen-bond acceptors (Lipinski definition) is 3. The van der Waals surface area contributed by atoms with Crippen LogP contribution in [0.25, 0.3) is 0 Å². The predicted octanol–water partition coefficient (Wildman–Crippen LogP) is 1.81. The first kappa shape index (κ1) is 14.3. The molecule has 114 valence electrons. The SMILES string of the molecule is CCC1(C)NC(C2CCCC2)N(C2CCN(C)C2)C1=O. The van der Waals surface area contributed by atoms with Crippen molar-refractivity contribution in [1.82, 2.24) is 15.1 Å². The van der Waals surface area contributed by atoms with Crippen LogP contribution in [0.15, 0.2) is 0 Å². The van der Waals surface area contributed by atoms with E-state index < -0.39 is 0 Å². The summed E-state index contributed by atoms with van der Waals surface area (Å²) in [6.45, 7) is 6.38. The Kier molecular flexibility index (Phi) is 3.80. The maximum Gasteiger partial charge on any atom is 0.244 e. The highest BCUT2D eigenvalue weighted by molar-refractivity contribution is 5.88. The fourth-order valence-electron chi connectivity index (χ4n) is 4.27. The van der Waals surface area contributed by atoms with Crippen LogP contribution in [0.5, 0.6) is 0 Å². The third-order valence-corrected chi connectivity index (χ3v) is 5.79. The topological polar surface area (TPSA) is 35.6 Å². The summed E-state index contributed by atoms with van der Waals surface area (Å²) in [5.74, 6) is 1.01. The zero-order valence-electron chi connectivity index (χ0n) is 13.2. The first-order valence-electron chi connectivity index (χ1n) is 8.34. The number of likely N-dealkylation sites (N-methyl/N-ethyl adjacent to an activating group) is 1. The minimum Gasteiger partial charge on any atom is -0.321 e. The van der Waals surface area contributed by atoms with E-state index in [0.717, 1.165) is 25.9 Å². The van der Waals surface area contributed by atoms with Gasteiger partial charge >= 0.3 is 0 Å². The van der Waals surface area contributed by atoms with E-state index in [-0.39, 0.29) is 11.7 Å². The number of nitrogens with one attached hydrogen (secondary N) is 1. The normalized spacial score (nSPS) is 40.1. The van der Waals surface area contributed by atoms with E-state index in [4.69, 9.17) is 0 Å². The van der Waals surface area contributed by atoms with Crippen LogP contribution in [0.4, 0.5) is 0 Å². The number of carbonyl (C=O) groups excluding carboxylic acids is 1. The molecular formula is C16H29N3O. The Hall–Kier alpha value is -0.610. The molecule has 3 unspecified atom stereocenters. The molecule has 2 aliphatic heterocycles. The highest BCUT2D eigenvalue weighted by Gasteiger charge is 2.52. The van der Waals surface area contributed by atoms with E-state index in [1.54, 1.807) is 0 Å². The summed E-state index contributed by atoms with van der Waals surface area (Å²) >= 11 is 0. The molecule has 3 fully saturated rings. The maximum absolute atomic E-state index is 13.0. The fourth-order valence-corrected chi connectivity index (χ4v) is 4.27. The zero-order chi connectivity index (χ0) is 14.3. The Balaban J connectivity index is 1.83. The lowest BCUT2D eigenvalue weighted by Gasteiger charge is -2.33. The quantitative estimate of drug-likeness (QED) is 0.856. The van der Waals surface area contributed by atoms with E-state index in [1.165, 1.54) is 25.7 Å². The van der Waals surface area contributed by atoms with E-state index in [2.05, 4.69) is 36.0 Å². The largest absolute Gasteiger partial charge is 0.321 e. The molecule has 0 aromatic heterocycles. The van der Waals surface area contributed by atoms with Crippen LogP contribution in [0.3, 0.4) is 0 Å². The lowest BCUT2D eigenvalue weighted by Crippen LogP contribution is -2.48. The molecule has 0 radical (unpaired) electrons. The number of hydrogen-bond donors (Lipinski definition) is 1. The lowest BCUT2D eigenvalue weighted by molar-refractivity contribution is -0.135. The van der Waals surface area contributed by atoms with Crippen LogP contribution in [0, 0.1) is 5.92 Å². The van der Waals surface area contributed by atoms with Crippen molar-refractivity contribution in [2.75, 3.05) is 20.1 Å². The average Bonchev–Trinajstić information content (AvgIpc) is 3.12. The molecule has 20 heavy (non-hydrogen) atoms. The van der Waals surface area contributed by atoms with Gasteiger partial charge in [-0.25, -0.2) is 0 Å². The summed E-state index contributed by atoms with van der Waals surface area (Å²) in [7, 11) is 2.16. The summed E-state index contributed by atoms with van der Waals surface area (Å²) in [5.41, 5.74) is -0.339. The summed E-state index contributed by atoms with van der Waals surface area (Å²) in [6, 6.07) is 0.416. The molecule has 0 spiro atoms. The Bertz CT molecular complexity index is 380. The molecule has 4 nitrogen and oxygen atoms in total. The van der Waals surface area contributed by atoms with Crippen LogP contribution in [0.1, 0.15) is 52.4 Å². The fraction of sp³-hybridized carbons (Fsp3) is 0.938. The van der Waals surface area contributed by atoms with Gasteiger partial charge in [-0.1, -0.05) is 19.8 Å². The Labute approximate surface area is 122 Å². The molecular weight excluding hydrogens is 250 g/mol. The first-order valence-corrected chi connectivity index (χ1v) is 8.34. The predicted molar refractivity (Wildman–Crippen MR) is 80.3 cm³/mol. The monoisotopic (exact) mass is 279 g/mol. The number of rotatable bonds is 3. The number of nitrogens with zero attached hydrogens (tertiary/aromatic N) is 2. The molecule has 4 heteroatoms. The number of carbonyl (C=O) groups is 1. The van der Waals surface area contributed by atoms with Gasteiger partial charge in [0.1, 0.15) is 0 Å². The molecule has 3 aliphatic rings. The van der Waals surface area contributed by atoms with Crippen LogP contribution >= 0.6 is 0 Å². The lowest BCUT2D eigenvalue weighted by atomic mass is 9.99. The van der Waals surface area contributed by atoms with Gasteiger partial charge in [0.15, 0.2) is 0 Å². The number of likely N-dealkylation sites (tertiary alicyclic amines) is 1. The van der Waals surface area contributed by atoms with Crippen LogP contribution in [-0.2, 0) is 4.79 Å². The van der Waals surface area contributed by atoms with Crippen molar-refractivity contribution in [1.29, 1.82) is 0 Å². The van der Waals surface area contributed by atoms with Crippen molar-refractivity contribution in [2.24, 2.45) is 5.92 Å². The highest BCUT2D eigenvalue weighted by Crippen LogP contribution is 2.37. The number of amides is 1. The van der Waals surface area contributed by atoms with Crippen molar-refractivity contribution >= 4 is 5.91 Å². The van der Waals surface area contributed by atoms with Gasteiger partial charge in [-0.3, -0.25) is 10.1 Å². The van der Waals surface area contributed by atoms with Crippen LogP contribution in [0.2, 0.25) is 0 Å². The summed E-state index contributed by atoms with van der Waals surface area (Å²) in [6.07, 6.45) is 7.53. The smallest absolute Gasteiger partial charge is 0.244 e. The van der Waals surface area contributed by atoms with Crippen LogP contribution < -0.4 is 5.32 Å². The molecule has 1 N–H and O–H groups in total. The van der Waals surface area contributed by atoms with Gasteiger partial charge in [0.05, 0.1) is 11.7 Å². The summed E-state index contributed by atoms with van der Waals surface area (Å²) in [5, 5.41) is 3.71. The minimum atomic E-state index is -0.339. The van der Waals surface area contributed by atoms with Gasteiger partial charge < -0.3 is 9.80 Å². The third-order valence-electron chi connectivity index (χ3n) is 5.79. The van der Waals surface area contributed by atoms with Gasteiger partial charge in [0.25, 0.3) is 0 Å². The van der Waals surface area contributed by atoms with E-state index in [0.29, 0.717) is 17.9 Å². The van der Waals surface area contributed by atoms with E-state index >= 15 is 0 Å². The van der Waals surface area contributed by atoms with Crippen molar-refractivity contribution in [2.45, 2.75) is 70.1 Å². The standard InChI is InChI=1S/C16H29N3O/c1-4-16(2)15(20)19(13-9-10-18(3)11-13)14(17-16)12-7-5-6-8-12/h12-14,17H,4-11H2,1-3H3. The molecule has 2 saturated heterocycles. The molecule has 0 aromatic rings. The Morgan fingerprint density at radius 3 is 2.55 bits per heavy atom. The van der Waals surface area contributed by atoms with Gasteiger partial charge in [0.2, 0.25) is 5.91 Å². The molecule has 3 rings (SSSR count). The van der Waals surface area contributed by atoms with Gasteiger partial charge in [-0.2, -0.15) is 0 Å². The van der Waals surface area contributed by atoms with Crippen molar-refractivity contribution in [3.8, 4) is 0 Å². The highest BCUT2D eigenvalue weighted by atomic mass is 16.2. The van der Waals surface area contributed by atoms with Crippen molar-refractivity contribution in [3.05, 3.63) is 0 Å².